The first-order valence-corrected chi connectivity index (χ1v) is 8.03. The lowest BCUT2D eigenvalue weighted by Gasteiger charge is -2.41. The average molecular weight is 321 g/mol. The van der Waals surface area contributed by atoms with E-state index in [-0.39, 0.29) is 23.3 Å². The molecule has 0 bridgehead atoms. The number of likely N-dealkylation sites (tertiary alicyclic amines) is 1. The zero-order valence-corrected chi connectivity index (χ0v) is 13.7. The van der Waals surface area contributed by atoms with Crippen molar-refractivity contribution in [3.05, 3.63) is 35.6 Å². The van der Waals surface area contributed by atoms with Gasteiger partial charge in [0.1, 0.15) is 11.6 Å². The number of piperidine rings is 1. The number of ketones is 2. The number of aliphatic hydroxyl groups is 1. The summed E-state index contributed by atoms with van der Waals surface area (Å²) in [6.07, 6.45) is 1.63. The van der Waals surface area contributed by atoms with Crippen LogP contribution in [-0.4, -0.2) is 46.8 Å². The number of nitrogens with zero attached hydrogens (tertiary/aromatic N) is 1. The summed E-state index contributed by atoms with van der Waals surface area (Å²) in [6.45, 7) is 5.20. The Kier molecular flexibility index (Phi) is 5.65. The van der Waals surface area contributed by atoms with Crippen LogP contribution in [0, 0.1) is 11.7 Å². The van der Waals surface area contributed by atoms with E-state index in [2.05, 4.69) is 4.90 Å². The van der Waals surface area contributed by atoms with Crippen molar-refractivity contribution in [3.8, 4) is 0 Å². The molecule has 0 radical (unpaired) electrons. The molecule has 0 aliphatic carbocycles. The molecule has 5 heteroatoms. The largest absolute Gasteiger partial charge is 0.389 e. The summed E-state index contributed by atoms with van der Waals surface area (Å²) in [5.41, 5.74) is -0.415. The van der Waals surface area contributed by atoms with E-state index < -0.39 is 5.60 Å². The minimum absolute atomic E-state index is 0.00193. The number of carbonyl (C=O) groups is 2. The van der Waals surface area contributed by atoms with Crippen molar-refractivity contribution in [1.82, 2.24) is 4.90 Å². The predicted molar refractivity (Wildman–Crippen MR) is 85.8 cm³/mol. The van der Waals surface area contributed by atoms with Gasteiger partial charge in [-0.1, -0.05) is 0 Å². The summed E-state index contributed by atoms with van der Waals surface area (Å²) in [5, 5.41) is 10.3. The van der Waals surface area contributed by atoms with Gasteiger partial charge in [-0.05, 0) is 57.5 Å². The molecule has 1 saturated heterocycles. The highest BCUT2D eigenvalue weighted by Gasteiger charge is 2.39. The molecule has 23 heavy (non-hydrogen) atoms. The summed E-state index contributed by atoms with van der Waals surface area (Å²) in [6, 6.07) is 5.58. The summed E-state index contributed by atoms with van der Waals surface area (Å²) >= 11 is 0. The van der Waals surface area contributed by atoms with Crippen LogP contribution in [-0.2, 0) is 4.79 Å². The molecule has 4 nitrogen and oxygen atoms in total. The van der Waals surface area contributed by atoms with E-state index in [9.17, 15) is 19.1 Å². The first-order chi connectivity index (χ1) is 10.8. The van der Waals surface area contributed by atoms with Gasteiger partial charge in [-0.2, -0.15) is 0 Å². The molecule has 0 amide bonds. The van der Waals surface area contributed by atoms with Crippen molar-refractivity contribution in [2.75, 3.05) is 19.6 Å². The maximum Gasteiger partial charge on any atom is 0.162 e. The fourth-order valence-corrected chi connectivity index (χ4v) is 3.12. The van der Waals surface area contributed by atoms with Crippen LogP contribution in [0.3, 0.4) is 0 Å². The molecule has 1 N–H and O–H groups in total. The Morgan fingerprint density at radius 1 is 1.35 bits per heavy atom. The van der Waals surface area contributed by atoms with E-state index in [1.165, 1.54) is 31.2 Å². The highest BCUT2D eigenvalue weighted by atomic mass is 19.1. The van der Waals surface area contributed by atoms with Crippen LogP contribution in [0.4, 0.5) is 4.39 Å². The average Bonchev–Trinajstić information content (AvgIpc) is 2.48. The molecule has 1 fully saturated rings. The lowest BCUT2D eigenvalue weighted by atomic mass is 9.80. The first-order valence-electron chi connectivity index (χ1n) is 8.03. The second kappa shape index (κ2) is 7.32. The van der Waals surface area contributed by atoms with Gasteiger partial charge < -0.3 is 10.0 Å². The zero-order chi connectivity index (χ0) is 17.0. The Bertz CT molecular complexity index is 568. The fraction of sp³-hybridized carbons (Fsp3) is 0.556. The van der Waals surface area contributed by atoms with Crippen LogP contribution >= 0.6 is 0 Å². The van der Waals surface area contributed by atoms with Crippen LogP contribution < -0.4 is 0 Å². The van der Waals surface area contributed by atoms with Crippen molar-refractivity contribution in [3.63, 3.8) is 0 Å². The molecular formula is C18H24FNO3. The Morgan fingerprint density at radius 3 is 2.61 bits per heavy atom. The van der Waals surface area contributed by atoms with Crippen molar-refractivity contribution < 1.29 is 19.1 Å². The Balaban J connectivity index is 1.81. The summed E-state index contributed by atoms with van der Waals surface area (Å²) < 4.78 is 12.8. The zero-order valence-electron chi connectivity index (χ0n) is 13.7. The van der Waals surface area contributed by atoms with Crippen molar-refractivity contribution >= 4 is 11.6 Å². The number of halogens is 1. The van der Waals surface area contributed by atoms with Gasteiger partial charge in [-0.25, -0.2) is 4.39 Å². The van der Waals surface area contributed by atoms with Gasteiger partial charge in [0.05, 0.1) is 11.5 Å². The van der Waals surface area contributed by atoms with Crippen LogP contribution in [0.25, 0.3) is 0 Å². The van der Waals surface area contributed by atoms with Gasteiger partial charge in [-0.15, -0.1) is 0 Å². The van der Waals surface area contributed by atoms with Crippen molar-refractivity contribution in [1.29, 1.82) is 0 Å². The quantitative estimate of drug-likeness (QED) is 0.818. The summed E-state index contributed by atoms with van der Waals surface area (Å²) in [7, 11) is 0. The maximum absolute atomic E-state index is 12.8. The molecule has 2 atom stereocenters. The van der Waals surface area contributed by atoms with E-state index in [1.54, 1.807) is 6.92 Å². The number of hydrogen-bond acceptors (Lipinski definition) is 4. The molecule has 1 heterocycles. The second-order valence-corrected chi connectivity index (χ2v) is 6.60. The Labute approximate surface area is 136 Å². The molecular weight excluding hydrogens is 297 g/mol. The minimum Gasteiger partial charge on any atom is -0.389 e. The Morgan fingerprint density at radius 2 is 2.00 bits per heavy atom. The third-order valence-corrected chi connectivity index (χ3v) is 4.66. The van der Waals surface area contributed by atoms with E-state index in [0.29, 0.717) is 37.9 Å². The standard InChI is InChI=1S/C18H24FNO3/c1-13(21)16-12-20(11-9-18(16,2)23)10-3-4-17(22)14-5-7-15(19)8-6-14/h5-8,16,23H,3-4,9-12H2,1-2H3. The van der Waals surface area contributed by atoms with E-state index in [0.717, 1.165) is 6.54 Å². The normalized spacial score (nSPS) is 25.3. The van der Waals surface area contributed by atoms with Crippen LogP contribution in [0.1, 0.15) is 43.5 Å². The SMILES string of the molecule is CC(=O)C1CN(CCCC(=O)c2ccc(F)cc2)CCC1(C)O. The van der Waals surface area contributed by atoms with Crippen molar-refractivity contribution in [2.45, 2.75) is 38.7 Å². The van der Waals surface area contributed by atoms with Gasteiger partial charge in [0.2, 0.25) is 0 Å². The molecule has 126 valence electrons. The predicted octanol–water partition coefficient (Wildman–Crippen LogP) is 2.45. The molecule has 1 aromatic rings. The fourth-order valence-electron chi connectivity index (χ4n) is 3.12. The summed E-state index contributed by atoms with van der Waals surface area (Å²) in [4.78, 5) is 25.8. The highest BCUT2D eigenvalue weighted by Crippen LogP contribution is 2.28. The third kappa shape index (κ3) is 4.69. The van der Waals surface area contributed by atoms with Crippen LogP contribution in [0.5, 0.6) is 0 Å². The first kappa shape index (κ1) is 17.8. The molecule has 2 unspecified atom stereocenters. The van der Waals surface area contributed by atoms with Crippen LogP contribution in [0.15, 0.2) is 24.3 Å². The molecule has 0 aromatic heterocycles. The maximum atomic E-state index is 12.8. The Hall–Kier alpha value is -1.59. The molecule has 2 rings (SSSR count). The smallest absolute Gasteiger partial charge is 0.162 e. The lowest BCUT2D eigenvalue weighted by molar-refractivity contribution is -0.135. The van der Waals surface area contributed by atoms with Crippen LogP contribution in [0.2, 0.25) is 0 Å². The minimum atomic E-state index is -0.938. The molecule has 1 aliphatic rings. The van der Waals surface area contributed by atoms with Gasteiger partial charge in [0.15, 0.2) is 5.78 Å². The molecule has 1 aromatic carbocycles. The van der Waals surface area contributed by atoms with Gasteiger partial charge in [0, 0.05) is 25.1 Å². The molecule has 1 aliphatic heterocycles. The topological polar surface area (TPSA) is 57.6 Å². The molecule has 0 spiro atoms. The number of benzene rings is 1. The van der Waals surface area contributed by atoms with Gasteiger partial charge >= 0.3 is 0 Å². The van der Waals surface area contributed by atoms with Gasteiger partial charge in [0.25, 0.3) is 0 Å². The monoisotopic (exact) mass is 321 g/mol. The number of hydrogen-bond donors (Lipinski definition) is 1. The van der Waals surface area contributed by atoms with E-state index in [1.807, 2.05) is 0 Å². The number of Topliss-reactive ketones (excluding diaryl/α,β-unsaturated/α-hetero) is 2. The lowest BCUT2D eigenvalue weighted by Crippen LogP contribution is -2.52. The van der Waals surface area contributed by atoms with Crippen molar-refractivity contribution in [2.24, 2.45) is 5.92 Å². The van der Waals surface area contributed by atoms with Gasteiger partial charge in [-0.3, -0.25) is 9.59 Å². The number of rotatable bonds is 6. The second-order valence-electron chi connectivity index (χ2n) is 6.60. The molecule has 0 saturated carbocycles. The van der Waals surface area contributed by atoms with E-state index >= 15 is 0 Å². The summed E-state index contributed by atoms with van der Waals surface area (Å²) in [5.74, 6) is -0.722. The number of carbonyl (C=O) groups excluding carboxylic acids is 2. The van der Waals surface area contributed by atoms with E-state index in [4.69, 9.17) is 0 Å². The third-order valence-electron chi connectivity index (χ3n) is 4.66. The highest BCUT2D eigenvalue weighted by molar-refractivity contribution is 5.95.